The number of hydrogen-bond donors (Lipinski definition) is 1. The smallest absolute Gasteiger partial charge is 0.101 e. The van der Waals surface area contributed by atoms with E-state index in [1.54, 1.807) is 18.2 Å². The minimum absolute atomic E-state index is 0.599. The molecule has 1 aromatic rings. The van der Waals surface area contributed by atoms with Gasteiger partial charge in [0.05, 0.1) is 17.9 Å². The summed E-state index contributed by atoms with van der Waals surface area (Å²) in [5, 5.41) is 12.7. The summed E-state index contributed by atoms with van der Waals surface area (Å²) in [5.41, 5.74) is 1.36. The summed E-state index contributed by atoms with van der Waals surface area (Å²) in [7, 11) is 0. The second-order valence-corrected chi connectivity index (χ2v) is 4.96. The van der Waals surface area contributed by atoms with Crippen LogP contribution >= 0.6 is 11.6 Å². The van der Waals surface area contributed by atoms with Crippen LogP contribution in [0.25, 0.3) is 0 Å². The summed E-state index contributed by atoms with van der Waals surface area (Å²) in [4.78, 5) is 0. The summed E-state index contributed by atoms with van der Waals surface area (Å²) in [5.74, 6) is 0.663. The SMILES string of the molecule is CC(C)CCOCCNc1cc(Cl)ccc1C#N. The molecular formula is C14H19ClN2O. The van der Waals surface area contributed by atoms with Gasteiger partial charge in [0.2, 0.25) is 0 Å². The maximum atomic E-state index is 8.95. The Labute approximate surface area is 114 Å². The number of hydrogen-bond acceptors (Lipinski definition) is 3. The Morgan fingerprint density at radius 2 is 2.17 bits per heavy atom. The molecule has 0 amide bonds. The van der Waals surface area contributed by atoms with Crippen molar-refractivity contribution in [2.45, 2.75) is 20.3 Å². The Balaban J connectivity index is 2.31. The Morgan fingerprint density at radius 1 is 1.39 bits per heavy atom. The lowest BCUT2D eigenvalue weighted by Crippen LogP contribution is -2.11. The normalized spacial score (nSPS) is 10.4. The average molecular weight is 267 g/mol. The molecule has 0 saturated heterocycles. The summed E-state index contributed by atoms with van der Waals surface area (Å²) < 4.78 is 5.49. The standard InChI is InChI=1S/C14H19ClN2O/c1-11(2)5-7-18-8-6-17-14-9-13(15)4-3-12(14)10-16/h3-4,9,11,17H,5-8H2,1-2H3. The molecule has 98 valence electrons. The average Bonchev–Trinajstić information content (AvgIpc) is 2.33. The minimum Gasteiger partial charge on any atom is -0.382 e. The molecule has 0 aliphatic rings. The van der Waals surface area contributed by atoms with E-state index in [9.17, 15) is 0 Å². The van der Waals surface area contributed by atoms with E-state index >= 15 is 0 Å². The third kappa shape index (κ3) is 5.39. The Bertz CT molecular complexity index is 413. The van der Waals surface area contributed by atoms with E-state index in [1.165, 1.54) is 0 Å². The van der Waals surface area contributed by atoms with Crippen LogP contribution in [0.3, 0.4) is 0 Å². The minimum atomic E-state index is 0.599. The number of nitriles is 1. The van der Waals surface area contributed by atoms with E-state index in [1.807, 2.05) is 0 Å². The number of rotatable bonds is 7. The van der Waals surface area contributed by atoms with Gasteiger partial charge in [0.25, 0.3) is 0 Å². The van der Waals surface area contributed by atoms with E-state index in [-0.39, 0.29) is 0 Å². The molecule has 0 fully saturated rings. The van der Waals surface area contributed by atoms with Gasteiger partial charge in [0, 0.05) is 18.2 Å². The molecule has 0 radical (unpaired) electrons. The molecule has 0 heterocycles. The van der Waals surface area contributed by atoms with Gasteiger partial charge in [0.15, 0.2) is 0 Å². The fourth-order valence-corrected chi connectivity index (χ4v) is 1.61. The highest BCUT2D eigenvalue weighted by Gasteiger charge is 2.02. The molecule has 0 spiro atoms. The Hall–Kier alpha value is -1.24. The molecule has 1 rings (SSSR count). The first-order chi connectivity index (χ1) is 8.63. The van der Waals surface area contributed by atoms with Gasteiger partial charge >= 0.3 is 0 Å². The van der Waals surface area contributed by atoms with Gasteiger partial charge in [-0.2, -0.15) is 5.26 Å². The predicted molar refractivity (Wildman–Crippen MR) is 74.9 cm³/mol. The summed E-state index contributed by atoms with van der Waals surface area (Å²) >= 11 is 5.89. The van der Waals surface area contributed by atoms with Crippen LogP contribution in [0.1, 0.15) is 25.8 Å². The molecule has 0 atom stereocenters. The van der Waals surface area contributed by atoms with Crippen LogP contribution in [0, 0.1) is 17.2 Å². The number of halogens is 1. The zero-order valence-electron chi connectivity index (χ0n) is 10.9. The molecule has 18 heavy (non-hydrogen) atoms. The van der Waals surface area contributed by atoms with E-state index in [0.717, 1.165) is 18.7 Å². The van der Waals surface area contributed by atoms with Gasteiger partial charge in [0.1, 0.15) is 6.07 Å². The maximum Gasteiger partial charge on any atom is 0.101 e. The van der Waals surface area contributed by atoms with E-state index in [4.69, 9.17) is 21.6 Å². The van der Waals surface area contributed by atoms with Gasteiger partial charge in [-0.05, 0) is 30.5 Å². The second kappa shape index (κ2) is 7.97. The first-order valence-electron chi connectivity index (χ1n) is 6.14. The van der Waals surface area contributed by atoms with Gasteiger partial charge in [-0.15, -0.1) is 0 Å². The van der Waals surface area contributed by atoms with E-state index in [0.29, 0.717) is 29.7 Å². The molecule has 3 nitrogen and oxygen atoms in total. The lowest BCUT2D eigenvalue weighted by atomic mass is 10.1. The first-order valence-corrected chi connectivity index (χ1v) is 6.52. The summed E-state index contributed by atoms with van der Waals surface area (Å²) in [6.07, 6.45) is 1.07. The molecule has 1 aromatic carbocycles. The van der Waals surface area contributed by atoms with Crippen molar-refractivity contribution in [3.05, 3.63) is 28.8 Å². The van der Waals surface area contributed by atoms with Crippen molar-refractivity contribution < 1.29 is 4.74 Å². The molecule has 4 heteroatoms. The molecular weight excluding hydrogens is 248 g/mol. The largest absolute Gasteiger partial charge is 0.382 e. The van der Waals surface area contributed by atoms with Crippen molar-refractivity contribution in [3.8, 4) is 6.07 Å². The monoisotopic (exact) mass is 266 g/mol. The van der Waals surface area contributed by atoms with Gasteiger partial charge in [-0.25, -0.2) is 0 Å². The van der Waals surface area contributed by atoms with E-state index in [2.05, 4.69) is 25.2 Å². The fraction of sp³-hybridized carbons (Fsp3) is 0.500. The van der Waals surface area contributed by atoms with Gasteiger partial charge in [-0.1, -0.05) is 25.4 Å². The zero-order valence-corrected chi connectivity index (χ0v) is 11.6. The molecule has 0 aromatic heterocycles. The van der Waals surface area contributed by atoms with Crippen LogP contribution in [-0.4, -0.2) is 19.8 Å². The third-order valence-corrected chi connectivity index (χ3v) is 2.74. The zero-order chi connectivity index (χ0) is 13.4. The fourth-order valence-electron chi connectivity index (χ4n) is 1.44. The molecule has 0 unspecified atom stereocenters. The van der Waals surface area contributed by atoms with Crippen LogP contribution in [-0.2, 0) is 4.74 Å². The highest BCUT2D eigenvalue weighted by atomic mass is 35.5. The predicted octanol–water partition coefficient (Wildman–Crippen LogP) is 3.69. The van der Waals surface area contributed by atoms with E-state index < -0.39 is 0 Å². The van der Waals surface area contributed by atoms with Crippen molar-refractivity contribution in [1.82, 2.24) is 0 Å². The molecule has 0 bridgehead atoms. The number of ether oxygens (including phenoxy) is 1. The molecule has 1 N–H and O–H groups in total. The number of nitrogens with one attached hydrogen (secondary N) is 1. The van der Waals surface area contributed by atoms with Crippen LogP contribution < -0.4 is 5.32 Å². The Kier molecular flexibility index (Phi) is 6.56. The topological polar surface area (TPSA) is 45.0 Å². The maximum absolute atomic E-state index is 8.95. The summed E-state index contributed by atoms with van der Waals surface area (Å²) in [6.45, 7) is 6.43. The second-order valence-electron chi connectivity index (χ2n) is 4.52. The van der Waals surface area contributed by atoms with Crippen molar-refractivity contribution in [3.63, 3.8) is 0 Å². The molecule has 0 aliphatic heterocycles. The summed E-state index contributed by atoms with van der Waals surface area (Å²) in [6, 6.07) is 7.31. The molecule has 0 aliphatic carbocycles. The van der Waals surface area contributed by atoms with Crippen molar-refractivity contribution in [2.24, 2.45) is 5.92 Å². The Morgan fingerprint density at radius 3 is 2.83 bits per heavy atom. The van der Waals surface area contributed by atoms with Crippen LogP contribution in [0.2, 0.25) is 5.02 Å². The highest BCUT2D eigenvalue weighted by molar-refractivity contribution is 6.30. The van der Waals surface area contributed by atoms with Gasteiger partial charge in [-0.3, -0.25) is 0 Å². The number of benzene rings is 1. The van der Waals surface area contributed by atoms with Crippen LogP contribution in [0.15, 0.2) is 18.2 Å². The van der Waals surface area contributed by atoms with Gasteiger partial charge < -0.3 is 10.1 Å². The third-order valence-electron chi connectivity index (χ3n) is 2.50. The lowest BCUT2D eigenvalue weighted by Gasteiger charge is -2.10. The highest BCUT2D eigenvalue weighted by Crippen LogP contribution is 2.19. The van der Waals surface area contributed by atoms with Crippen molar-refractivity contribution in [2.75, 3.05) is 25.1 Å². The van der Waals surface area contributed by atoms with Crippen molar-refractivity contribution in [1.29, 1.82) is 5.26 Å². The van der Waals surface area contributed by atoms with Crippen molar-refractivity contribution >= 4 is 17.3 Å². The first kappa shape index (κ1) is 14.8. The quantitative estimate of drug-likeness (QED) is 0.766. The number of nitrogens with zero attached hydrogens (tertiary/aromatic N) is 1. The lowest BCUT2D eigenvalue weighted by molar-refractivity contribution is 0.132. The van der Waals surface area contributed by atoms with Crippen LogP contribution in [0.5, 0.6) is 0 Å². The van der Waals surface area contributed by atoms with Crippen LogP contribution in [0.4, 0.5) is 5.69 Å². The molecule has 0 saturated carbocycles. The number of anilines is 1.